The van der Waals surface area contributed by atoms with Gasteiger partial charge in [0.2, 0.25) is 11.6 Å². The zero-order valence-corrected chi connectivity index (χ0v) is 45.8. The van der Waals surface area contributed by atoms with Crippen molar-refractivity contribution >= 4 is 49.9 Å². The van der Waals surface area contributed by atoms with Crippen LogP contribution >= 0.6 is 11.6 Å². The van der Waals surface area contributed by atoms with E-state index in [0.717, 1.165) is 47.6 Å². The Bertz CT molecular complexity index is 2790. The van der Waals surface area contributed by atoms with Crippen LogP contribution in [0.1, 0.15) is 197 Å². The molecular formula is C51H77ClN10O6S2. The average Bonchev–Trinajstić information content (AvgIpc) is 4.04. The normalized spacial score (nSPS) is 13.4. The van der Waals surface area contributed by atoms with Crippen LogP contribution in [-0.2, 0) is 43.8 Å². The second kappa shape index (κ2) is 24.1. The Kier molecular flexibility index (Phi) is 19.3. The predicted octanol–water partition coefficient (Wildman–Crippen LogP) is 11.4. The van der Waals surface area contributed by atoms with Crippen molar-refractivity contribution < 1.29 is 26.3 Å². The number of hydrogen-bond acceptors (Lipinski definition) is 10. The van der Waals surface area contributed by atoms with E-state index in [2.05, 4.69) is 89.8 Å². The number of carbonyl (C=O) groups excluding carboxylic acids is 1. The second-order valence-corrected chi connectivity index (χ2v) is 25.0. The lowest BCUT2D eigenvalue weighted by molar-refractivity contribution is 0.1000. The molecule has 6 rings (SSSR count). The van der Waals surface area contributed by atoms with Crippen molar-refractivity contribution in [3.05, 3.63) is 87.2 Å². The quantitative estimate of drug-likeness (QED) is 0.0445. The van der Waals surface area contributed by atoms with E-state index < -0.39 is 33.1 Å². The third-order valence-corrected chi connectivity index (χ3v) is 15.2. The van der Waals surface area contributed by atoms with E-state index in [1.54, 1.807) is 33.3 Å². The van der Waals surface area contributed by atoms with Crippen molar-refractivity contribution in [3.63, 3.8) is 0 Å². The van der Waals surface area contributed by atoms with E-state index >= 15 is 0 Å². The van der Waals surface area contributed by atoms with Crippen LogP contribution in [0.4, 0.5) is 0 Å². The Morgan fingerprint density at radius 2 is 1.34 bits per heavy atom. The number of H-pyrrole nitrogens is 2. The molecule has 386 valence electrons. The first kappa shape index (κ1) is 56.1. The van der Waals surface area contributed by atoms with Crippen molar-refractivity contribution in [2.24, 2.45) is 5.73 Å². The fraction of sp³-hybridized carbons (Fsp3) is 0.588. The van der Waals surface area contributed by atoms with Crippen molar-refractivity contribution in [3.8, 4) is 17.2 Å². The molecule has 0 aliphatic rings. The van der Waals surface area contributed by atoms with Crippen LogP contribution < -0.4 is 19.4 Å². The number of nitrogens with one attached hydrogen (secondary N) is 3. The molecule has 4 heterocycles. The summed E-state index contributed by atoms with van der Waals surface area (Å²) in [7, 11) is -3.02. The van der Waals surface area contributed by atoms with Gasteiger partial charge in [-0.1, -0.05) is 151 Å². The molecule has 19 heteroatoms. The van der Waals surface area contributed by atoms with Gasteiger partial charge in [-0.3, -0.25) is 15.0 Å². The summed E-state index contributed by atoms with van der Waals surface area (Å²) in [5.74, 6) is 2.79. The van der Waals surface area contributed by atoms with Crippen LogP contribution in [0.2, 0.25) is 5.02 Å². The van der Waals surface area contributed by atoms with Gasteiger partial charge in [0.05, 0.1) is 28.9 Å². The van der Waals surface area contributed by atoms with Crippen molar-refractivity contribution in [2.45, 2.75) is 182 Å². The van der Waals surface area contributed by atoms with Gasteiger partial charge in [-0.05, 0) is 73.6 Å². The molecular weight excluding hydrogens is 948 g/mol. The molecule has 0 saturated carbocycles. The molecule has 0 fully saturated rings. The van der Waals surface area contributed by atoms with E-state index in [4.69, 9.17) is 26.3 Å². The molecule has 2 atom stereocenters. The summed E-state index contributed by atoms with van der Waals surface area (Å²) in [5.41, 5.74) is 9.99. The summed E-state index contributed by atoms with van der Waals surface area (Å²) >= 11 is 4.60. The van der Waals surface area contributed by atoms with Crippen LogP contribution in [0.25, 0.3) is 11.3 Å². The molecule has 5 N–H and O–H groups in total. The lowest BCUT2D eigenvalue weighted by Gasteiger charge is -2.20. The number of aromatic amines is 2. The molecule has 4 aromatic heterocycles. The van der Waals surface area contributed by atoms with Crippen LogP contribution in [0.15, 0.2) is 42.5 Å². The van der Waals surface area contributed by atoms with Gasteiger partial charge in [0, 0.05) is 22.8 Å². The maximum Gasteiger partial charge on any atom is 0.288 e. The number of unbranched alkanes of at least 4 members (excludes halogenated alkanes) is 9. The molecule has 2 aromatic carbocycles. The van der Waals surface area contributed by atoms with Gasteiger partial charge >= 0.3 is 0 Å². The zero-order chi connectivity index (χ0) is 51.6. The molecule has 0 saturated heterocycles. The standard InChI is InChI=1S/C28H36N6O4S.C23H41ClN4O2S/c1-16-9-12-19(27(3,4)5)15-21(16)38-39(36)33-17(2)25-30-31-26-22(23(28(6,7)8)32-34(25)26)37-20-13-10-18(11-14-20)24(29)35;1-5-6-7-8-9-10-11-12-13-14-17-31(29,30)18-15-16-19-25-26-22-20(24)21(23(2,3)4)27-28(19)22/h9-15,17,32-33H,1-8H3,(H2,29,35);27H,5-18H2,1-4H3. The SMILES string of the molecule is CCCCCCCCCCCCS(=O)(=O)CCCc1nnc2c(Cl)c(C(C)(C)C)[nH]n12.Cc1ccc(C(C)(C)C)cc1OS(=O)NC(C)c1nnc2c(Oc3ccc(C(N)=O)cc3)c(C(C)(C)C)[nH]n12. The number of sulfone groups is 1. The van der Waals surface area contributed by atoms with Gasteiger partial charge in [0.1, 0.15) is 26.4 Å². The van der Waals surface area contributed by atoms with E-state index in [-0.39, 0.29) is 22.0 Å². The first-order chi connectivity index (χ1) is 32.8. The maximum atomic E-state index is 13.0. The highest BCUT2D eigenvalue weighted by Crippen LogP contribution is 2.38. The summed E-state index contributed by atoms with van der Waals surface area (Å²) in [6.07, 6.45) is 13.2. The third kappa shape index (κ3) is 15.4. The Hall–Kier alpha value is -4.78. The van der Waals surface area contributed by atoms with Crippen molar-refractivity contribution in [2.75, 3.05) is 11.5 Å². The van der Waals surface area contributed by atoms with E-state index in [9.17, 15) is 17.4 Å². The average molecular weight is 1030 g/mol. The number of halogens is 1. The molecule has 1 amide bonds. The van der Waals surface area contributed by atoms with Gasteiger partial charge in [0.25, 0.3) is 11.3 Å². The summed E-state index contributed by atoms with van der Waals surface area (Å²) in [5, 5.41) is 24.3. The van der Waals surface area contributed by atoms with Crippen LogP contribution in [0.5, 0.6) is 17.2 Å². The van der Waals surface area contributed by atoms with Gasteiger partial charge in [-0.2, -0.15) is 8.93 Å². The van der Waals surface area contributed by atoms with E-state index in [0.29, 0.717) is 63.5 Å². The number of nitrogens with two attached hydrogens (primary N) is 1. The number of carbonyl (C=O) groups is 1. The van der Waals surface area contributed by atoms with Crippen molar-refractivity contribution in [1.29, 1.82) is 0 Å². The lowest BCUT2D eigenvalue weighted by atomic mass is 9.86. The largest absolute Gasteiger partial charge is 0.451 e. The number of benzene rings is 2. The molecule has 70 heavy (non-hydrogen) atoms. The molecule has 2 unspecified atom stereocenters. The minimum Gasteiger partial charge on any atom is -0.451 e. The Labute approximate surface area is 422 Å². The molecule has 0 aliphatic carbocycles. The molecule has 0 radical (unpaired) electrons. The van der Waals surface area contributed by atoms with Crippen molar-refractivity contribution in [1.82, 2.24) is 44.3 Å². The first-order valence-electron chi connectivity index (χ1n) is 24.7. The summed E-state index contributed by atoms with van der Waals surface area (Å²) < 4.78 is 56.2. The number of primary amides is 1. The number of aromatic nitrogens is 8. The highest BCUT2D eigenvalue weighted by molar-refractivity contribution is 7.91. The highest BCUT2D eigenvalue weighted by atomic mass is 35.5. The number of aryl methyl sites for hydroxylation is 2. The number of nitrogens with zero attached hydrogens (tertiary/aromatic N) is 6. The maximum absolute atomic E-state index is 13.0. The first-order valence-corrected chi connectivity index (χ1v) is 27.9. The third-order valence-electron chi connectivity index (χ3n) is 12.1. The lowest BCUT2D eigenvalue weighted by Crippen LogP contribution is -2.27. The summed E-state index contributed by atoms with van der Waals surface area (Å²) in [4.78, 5) is 11.4. The number of ether oxygens (including phenoxy) is 1. The smallest absolute Gasteiger partial charge is 0.288 e. The van der Waals surface area contributed by atoms with Gasteiger partial charge < -0.3 is 14.7 Å². The Morgan fingerprint density at radius 1 is 0.771 bits per heavy atom. The Morgan fingerprint density at radius 3 is 1.93 bits per heavy atom. The molecule has 16 nitrogen and oxygen atoms in total. The second-order valence-electron chi connectivity index (χ2n) is 21.4. The number of rotatable bonds is 23. The number of amides is 1. The van der Waals surface area contributed by atoms with Gasteiger partial charge in [-0.25, -0.2) is 17.4 Å². The van der Waals surface area contributed by atoms with Gasteiger partial charge in [-0.15, -0.1) is 20.4 Å². The minimum atomic E-state index is -3.02. The molecule has 0 spiro atoms. The monoisotopic (exact) mass is 1020 g/mol. The number of hydrogen-bond donors (Lipinski definition) is 4. The number of fused-ring (bicyclic) bond motifs is 2. The van der Waals surface area contributed by atoms with E-state index in [1.807, 2.05) is 46.8 Å². The minimum absolute atomic E-state index is 0.0663. The molecule has 0 bridgehead atoms. The topological polar surface area (TPSA) is 217 Å². The highest BCUT2D eigenvalue weighted by Gasteiger charge is 2.30. The van der Waals surface area contributed by atoms with Crippen LogP contribution in [0.3, 0.4) is 0 Å². The summed E-state index contributed by atoms with van der Waals surface area (Å²) in [6, 6.07) is 12.0. The zero-order valence-electron chi connectivity index (χ0n) is 43.4. The van der Waals surface area contributed by atoms with Crippen LogP contribution in [0, 0.1) is 6.92 Å². The molecule has 6 aromatic rings. The van der Waals surface area contributed by atoms with Crippen LogP contribution in [-0.4, -0.2) is 69.7 Å². The summed E-state index contributed by atoms with van der Waals surface area (Å²) in [6.45, 7) is 24.7. The predicted molar refractivity (Wildman–Crippen MR) is 281 cm³/mol. The van der Waals surface area contributed by atoms with E-state index in [1.165, 1.54) is 44.9 Å². The fourth-order valence-corrected chi connectivity index (χ4v) is 10.5. The Balaban J connectivity index is 0.000000268. The van der Waals surface area contributed by atoms with Gasteiger partial charge in [0.15, 0.2) is 23.0 Å². The molecule has 0 aliphatic heterocycles. The fourth-order valence-electron chi connectivity index (χ4n) is 7.85.